The van der Waals surface area contributed by atoms with Gasteiger partial charge in [-0.25, -0.2) is 8.42 Å². The summed E-state index contributed by atoms with van der Waals surface area (Å²) in [6, 6.07) is 1.52. The molecule has 0 spiro atoms. The lowest BCUT2D eigenvalue weighted by Crippen LogP contribution is -2.40. The first-order valence-electron chi connectivity index (χ1n) is 5.92. The maximum atomic E-state index is 12.3. The van der Waals surface area contributed by atoms with E-state index in [1.54, 1.807) is 0 Å². The molecule has 1 aromatic heterocycles. The molecule has 0 saturated carbocycles. The number of hydrogen-bond donors (Lipinski definition) is 0. The first-order valence-corrected chi connectivity index (χ1v) is 7.81. The van der Waals surface area contributed by atoms with Gasteiger partial charge in [0.15, 0.2) is 15.6 Å². The van der Waals surface area contributed by atoms with Crippen LogP contribution in [0.2, 0.25) is 0 Å². The van der Waals surface area contributed by atoms with Crippen LogP contribution in [0.25, 0.3) is 0 Å². The molecule has 0 N–H and O–H groups in total. The van der Waals surface area contributed by atoms with Crippen LogP contribution >= 0.6 is 0 Å². The van der Waals surface area contributed by atoms with E-state index in [1.807, 2.05) is 13.8 Å². The Balaban J connectivity index is 3.14. The van der Waals surface area contributed by atoms with Gasteiger partial charge < -0.3 is 4.74 Å². The molecule has 6 heteroatoms. The number of nitrogens with zero attached hydrogens (tertiary/aromatic N) is 1. The summed E-state index contributed by atoms with van der Waals surface area (Å²) in [5, 5.41) is 0. The van der Waals surface area contributed by atoms with Gasteiger partial charge in [0.25, 0.3) is 0 Å². The summed E-state index contributed by atoms with van der Waals surface area (Å²) in [5.41, 5.74) is 0.230. The number of ether oxygens (including phenoxy) is 1. The molecule has 0 aliphatic heterocycles. The fourth-order valence-corrected chi connectivity index (χ4v) is 1.85. The monoisotopic (exact) mass is 285 g/mol. The van der Waals surface area contributed by atoms with Gasteiger partial charge in [0.2, 0.25) is 0 Å². The molecule has 19 heavy (non-hydrogen) atoms. The Morgan fingerprint density at radius 1 is 1.32 bits per heavy atom. The van der Waals surface area contributed by atoms with Crippen molar-refractivity contribution in [1.29, 1.82) is 0 Å². The summed E-state index contributed by atoms with van der Waals surface area (Å²) in [5.74, 6) is -0.0399. The molecule has 0 aliphatic carbocycles. The summed E-state index contributed by atoms with van der Waals surface area (Å²) in [6.07, 6.45) is 3.84. The molecule has 0 unspecified atom stereocenters. The lowest BCUT2D eigenvalue weighted by Gasteiger charge is -2.21. The zero-order valence-corrected chi connectivity index (χ0v) is 12.6. The topological polar surface area (TPSA) is 73.3 Å². The number of pyridine rings is 1. The van der Waals surface area contributed by atoms with E-state index in [2.05, 4.69) is 4.98 Å². The molecule has 0 fully saturated rings. The first kappa shape index (κ1) is 15.6. The van der Waals surface area contributed by atoms with E-state index in [-0.39, 0.29) is 11.7 Å². The van der Waals surface area contributed by atoms with Crippen LogP contribution < -0.4 is 4.74 Å². The van der Waals surface area contributed by atoms with Crippen molar-refractivity contribution < 1.29 is 17.9 Å². The number of aromatic nitrogens is 1. The van der Waals surface area contributed by atoms with Crippen LogP contribution in [0.5, 0.6) is 5.75 Å². The van der Waals surface area contributed by atoms with Gasteiger partial charge in [-0.05, 0) is 33.8 Å². The van der Waals surface area contributed by atoms with E-state index >= 15 is 0 Å². The third-order valence-electron chi connectivity index (χ3n) is 2.82. The molecule has 0 bridgehead atoms. The number of hydrogen-bond acceptors (Lipinski definition) is 5. The molecule has 0 aromatic carbocycles. The van der Waals surface area contributed by atoms with Gasteiger partial charge in [0.05, 0.1) is 12.3 Å². The quantitative estimate of drug-likeness (QED) is 0.772. The molecule has 1 heterocycles. The average molecular weight is 285 g/mol. The molecule has 0 radical (unpaired) electrons. The lowest BCUT2D eigenvalue weighted by molar-refractivity contribution is 0.0953. The van der Waals surface area contributed by atoms with Gasteiger partial charge in [0.1, 0.15) is 10.5 Å². The maximum absolute atomic E-state index is 12.3. The fraction of sp³-hybridized carbons (Fsp3) is 0.538. The van der Waals surface area contributed by atoms with Crippen LogP contribution in [0.1, 0.15) is 38.1 Å². The van der Waals surface area contributed by atoms with E-state index < -0.39 is 20.4 Å². The second-order valence-electron chi connectivity index (χ2n) is 5.19. The maximum Gasteiger partial charge on any atom is 0.185 e. The molecule has 0 atom stereocenters. The minimum atomic E-state index is -3.50. The highest BCUT2D eigenvalue weighted by atomic mass is 32.2. The highest BCUT2D eigenvalue weighted by Crippen LogP contribution is 2.23. The largest absolute Gasteiger partial charge is 0.489 e. The zero-order chi connectivity index (χ0) is 14.8. The van der Waals surface area contributed by atoms with Crippen LogP contribution in [-0.4, -0.2) is 36.3 Å². The Morgan fingerprint density at radius 2 is 1.89 bits per heavy atom. The number of ketones is 1. The predicted molar refractivity (Wildman–Crippen MR) is 73.3 cm³/mol. The van der Waals surface area contributed by atoms with Crippen LogP contribution in [-0.2, 0) is 9.84 Å². The number of sulfone groups is 1. The van der Waals surface area contributed by atoms with Crippen LogP contribution in [0.4, 0.5) is 0 Å². The van der Waals surface area contributed by atoms with E-state index in [9.17, 15) is 13.2 Å². The molecule has 1 rings (SSSR count). The second-order valence-corrected chi connectivity index (χ2v) is 7.75. The number of carbonyl (C=O) groups is 1. The Bertz CT molecular complexity index is 576. The summed E-state index contributed by atoms with van der Waals surface area (Å²) >= 11 is 0. The highest BCUT2D eigenvalue weighted by molar-refractivity contribution is 7.92. The van der Waals surface area contributed by atoms with E-state index in [0.29, 0.717) is 5.75 Å². The molecular formula is C13H19NO4S. The number of carbonyl (C=O) groups excluding carboxylic acids is 1. The molecule has 5 nitrogen and oxygen atoms in total. The van der Waals surface area contributed by atoms with Crippen LogP contribution in [0, 0.1) is 0 Å². The van der Waals surface area contributed by atoms with Crippen molar-refractivity contribution in [1.82, 2.24) is 4.98 Å². The van der Waals surface area contributed by atoms with Crippen LogP contribution in [0.3, 0.4) is 0 Å². The van der Waals surface area contributed by atoms with Crippen molar-refractivity contribution in [2.24, 2.45) is 0 Å². The molecular weight excluding hydrogens is 266 g/mol. The standard InChI is InChI=1S/C13H19NO4S/c1-9(2)18-11-6-10(7-14-8-11)12(15)13(3,4)19(5,16)17/h6-9H,1-5H3. The van der Waals surface area contributed by atoms with Gasteiger partial charge in [-0.2, -0.15) is 0 Å². The number of Topliss-reactive ketones (excluding diaryl/α,β-unsaturated/α-hetero) is 1. The number of rotatable bonds is 5. The normalized spacial score (nSPS) is 12.5. The summed E-state index contributed by atoms with van der Waals surface area (Å²) in [6.45, 7) is 6.49. The SMILES string of the molecule is CC(C)Oc1cncc(C(=O)C(C)(C)S(C)(=O)=O)c1. The predicted octanol–water partition coefficient (Wildman–Crippen LogP) is 1.87. The summed E-state index contributed by atoms with van der Waals surface area (Å²) < 4.78 is 27.3. The van der Waals surface area contributed by atoms with Gasteiger partial charge in [0, 0.05) is 18.0 Å². The zero-order valence-electron chi connectivity index (χ0n) is 11.8. The van der Waals surface area contributed by atoms with Crippen molar-refractivity contribution in [3.8, 4) is 5.75 Å². The van der Waals surface area contributed by atoms with Gasteiger partial charge in [-0.15, -0.1) is 0 Å². The summed E-state index contributed by atoms with van der Waals surface area (Å²) in [7, 11) is -3.50. The van der Waals surface area contributed by atoms with E-state index in [0.717, 1.165) is 6.26 Å². The minimum absolute atomic E-state index is 0.0462. The smallest absolute Gasteiger partial charge is 0.185 e. The fourth-order valence-electron chi connectivity index (χ4n) is 1.40. The second kappa shape index (κ2) is 5.28. The van der Waals surface area contributed by atoms with Crippen LogP contribution in [0.15, 0.2) is 18.5 Å². The van der Waals surface area contributed by atoms with Gasteiger partial charge in [-0.3, -0.25) is 9.78 Å². The van der Waals surface area contributed by atoms with E-state index in [4.69, 9.17) is 4.74 Å². The first-order chi connectivity index (χ1) is 8.55. The molecule has 106 valence electrons. The Hall–Kier alpha value is -1.43. The third kappa shape index (κ3) is 3.53. The Labute approximate surface area is 113 Å². The summed E-state index contributed by atoms with van der Waals surface area (Å²) in [4.78, 5) is 16.2. The van der Waals surface area contributed by atoms with Crippen molar-refractivity contribution >= 4 is 15.6 Å². The highest BCUT2D eigenvalue weighted by Gasteiger charge is 2.39. The lowest BCUT2D eigenvalue weighted by atomic mass is 10.0. The molecule has 0 aliphatic rings. The van der Waals surface area contributed by atoms with Crippen molar-refractivity contribution in [3.05, 3.63) is 24.0 Å². The van der Waals surface area contributed by atoms with E-state index in [1.165, 1.54) is 32.3 Å². The van der Waals surface area contributed by atoms with Gasteiger partial charge >= 0.3 is 0 Å². The van der Waals surface area contributed by atoms with Crippen molar-refractivity contribution in [2.75, 3.05) is 6.26 Å². The molecule has 1 aromatic rings. The average Bonchev–Trinajstić information content (AvgIpc) is 2.25. The minimum Gasteiger partial charge on any atom is -0.489 e. The van der Waals surface area contributed by atoms with Crippen molar-refractivity contribution in [3.63, 3.8) is 0 Å². The van der Waals surface area contributed by atoms with Gasteiger partial charge in [-0.1, -0.05) is 0 Å². The third-order valence-corrected chi connectivity index (χ3v) is 4.86. The van der Waals surface area contributed by atoms with Crippen molar-refractivity contribution in [2.45, 2.75) is 38.5 Å². The Morgan fingerprint density at radius 3 is 2.37 bits per heavy atom. The Kier molecular flexibility index (Phi) is 4.35. The molecule has 0 amide bonds. The molecule has 0 saturated heterocycles.